The summed E-state index contributed by atoms with van der Waals surface area (Å²) in [5, 5.41) is 13.2. The van der Waals surface area contributed by atoms with Crippen LogP contribution in [-0.2, 0) is 6.42 Å². The summed E-state index contributed by atoms with van der Waals surface area (Å²) in [4.78, 5) is 25.1. The molecule has 5 nitrogen and oxygen atoms in total. The Hall–Kier alpha value is -3.21. The van der Waals surface area contributed by atoms with Crippen molar-refractivity contribution in [1.82, 2.24) is 5.16 Å². The van der Waals surface area contributed by atoms with Crippen LogP contribution in [0.15, 0.2) is 53.1 Å². The molecule has 0 fully saturated rings. The molecule has 0 spiro atoms. The molecule has 1 N–H and O–H groups in total. The quantitative estimate of drug-likeness (QED) is 0.616. The highest BCUT2D eigenvalue weighted by molar-refractivity contribution is 6.27. The summed E-state index contributed by atoms with van der Waals surface area (Å²) in [6, 6.07) is 13.3. The van der Waals surface area contributed by atoms with Gasteiger partial charge in [-0.15, -0.1) is 0 Å². The topological polar surface area (TPSA) is 80.4 Å². The first-order chi connectivity index (χ1) is 11.1. The van der Waals surface area contributed by atoms with Crippen LogP contribution in [0.5, 0.6) is 5.75 Å². The highest BCUT2D eigenvalue weighted by Gasteiger charge is 2.36. The lowest BCUT2D eigenvalue weighted by molar-refractivity contribution is 0.0955. The number of ketones is 2. The first kappa shape index (κ1) is 13.5. The van der Waals surface area contributed by atoms with Crippen LogP contribution >= 0.6 is 0 Å². The largest absolute Gasteiger partial charge is 0.508 e. The number of fused-ring (bicyclic) bond motifs is 2. The van der Waals surface area contributed by atoms with Gasteiger partial charge in [-0.3, -0.25) is 9.59 Å². The van der Waals surface area contributed by atoms with E-state index in [1.807, 2.05) is 0 Å². The minimum atomic E-state index is -0.320. The number of rotatable bonds is 2. The molecule has 1 aromatic heterocycles. The van der Waals surface area contributed by atoms with Crippen molar-refractivity contribution >= 4 is 11.6 Å². The van der Waals surface area contributed by atoms with Crippen LogP contribution in [0.2, 0.25) is 0 Å². The van der Waals surface area contributed by atoms with Crippen molar-refractivity contribution in [2.75, 3.05) is 0 Å². The average molecular weight is 305 g/mol. The standard InChI is InChI=1S/C18H11NO4/c20-11-7-5-10(6-8-11)9-14-15-16(21)12-3-1-2-4-13(12)17(22)18(15)23-19-14/h1-8,20H,9H2. The van der Waals surface area contributed by atoms with Crippen molar-refractivity contribution in [3.63, 3.8) is 0 Å². The van der Waals surface area contributed by atoms with Gasteiger partial charge in [-0.1, -0.05) is 41.6 Å². The minimum Gasteiger partial charge on any atom is -0.508 e. The summed E-state index contributed by atoms with van der Waals surface area (Å²) in [5.74, 6) is -0.400. The van der Waals surface area contributed by atoms with Crippen LogP contribution in [0.1, 0.15) is 43.3 Å². The number of benzene rings is 2. The van der Waals surface area contributed by atoms with Crippen LogP contribution in [-0.4, -0.2) is 21.8 Å². The lowest BCUT2D eigenvalue weighted by Crippen LogP contribution is -2.20. The van der Waals surface area contributed by atoms with E-state index in [1.54, 1.807) is 48.5 Å². The second kappa shape index (κ2) is 4.91. The number of phenolic OH excluding ortho intramolecular Hbond substituents is 1. The summed E-state index contributed by atoms with van der Waals surface area (Å²) in [7, 11) is 0. The average Bonchev–Trinajstić information content (AvgIpc) is 2.99. The lowest BCUT2D eigenvalue weighted by Gasteiger charge is -2.12. The summed E-state index contributed by atoms with van der Waals surface area (Å²) >= 11 is 0. The van der Waals surface area contributed by atoms with Crippen molar-refractivity contribution in [3.8, 4) is 5.75 Å². The Balaban J connectivity index is 1.79. The Bertz CT molecular complexity index is 938. The minimum absolute atomic E-state index is 0.00229. The van der Waals surface area contributed by atoms with Crippen LogP contribution in [0, 0.1) is 0 Å². The smallest absolute Gasteiger partial charge is 0.232 e. The van der Waals surface area contributed by atoms with Gasteiger partial charge in [0, 0.05) is 17.5 Å². The number of aromatic hydroxyl groups is 1. The molecule has 3 aromatic rings. The van der Waals surface area contributed by atoms with Gasteiger partial charge in [0.25, 0.3) is 0 Å². The maximum absolute atomic E-state index is 12.7. The van der Waals surface area contributed by atoms with E-state index in [0.29, 0.717) is 23.2 Å². The predicted molar refractivity (Wildman–Crippen MR) is 80.7 cm³/mol. The number of hydrogen-bond acceptors (Lipinski definition) is 5. The summed E-state index contributed by atoms with van der Waals surface area (Å²) in [5.41, 5.74) is 2.25. The van der Waals surface area contributed by atoms with Crippen molar-refractivity contribution < 1.29 is 19.2 Å². The van der Waals surface area contributed by atoms with E-state index >= 15 is 0 Å². The zero-order valence-corrected chi connectivity index (χ0v) is 11.9. The van der Waals surface area contributed by atoms with E-state index in [0.717, 1.165) is 5.56 Å². The van der Waals surface area contributed by atoms with Gasteiger partial charge in [0.2, 0.25) is 11.5 Å². The number of carbonyl (C=O) groups is 2. The number of nitrogens with zero attached hydrogens (tertiary/aromatic N) is 1. The normalized spacial score (nSPS) is 12.9. The van der Waals surface area contributed by atoms with E-state index in [2.05, 4.69) is 5.16 Å². The van der Waals surface area contributed by atoms with E-state index in [4.69, 9.17) is 4.52 Å². The molecule has 4 rings (SSSR count). The Morgan fingerprint density at radius 1 is 0.913 bits per heavy atom. The SMILES string of the molecule is O=C1c2ccccc2C(=O)c2c(Cc3ccc(O)cc3)noc21. The fourth-order valence-electron chi connectivity index (χ4n) is 2.78. The molecule has 112 valence electrons. The van der Waals surface area contributed by atoms with Crippen molar-refractivity contribution in [2.24, 2.45) is 0 Å². The molecule has 2 aromatic carbocycles. The van der Waals surface area contributed by atoms with Gasteiger partial charge in [-0.25, -0.2) is 0 Å². The van der Waals surface area contributed by atoms with Crippen LogP contribution in [0.4, 0.5) is 0 Å². The third-order valence-corrected chi connectivity index (χ3v) is 3.92. The second-order valence-corrected chi connectivity index (χ2v) is 5.38. The zero-order valence-electron chi connectivity index (χ0n) is 11.9. The molecule has 1 aliphatic carbocycles. The highest BCUT2D eigenvalue weighted by atomic mass is 16.5. The molecular formula is C18H11NO4. The third kappa shape index (κ3) is 2.05. The highest BCUT2D eigenvalue weighted by Crippen LogP contribution is 2.30. The van der Waals surface area contributed by atoms with Crippen LogP contribution < -0.4 is 0 Å². The summed E-state index contributed by atoms with van der Waals surface area (Å²) in [6.45, 7) is 0. The van der Waals surface area contributed by atoms with Gasteiger partial charge in [0.1, 0.15) is 5.75 Å². The molecule has 0 amide bonds. The molecule has 0 saturated heterocycles. The van der Waals surface area contributed by atoms with Gasteiger partial charge in [-0.2, -0.15) is 0 Å². The van der Waals surface area contributed by atoms with E-state index in [9.17, 15) is 14.7 Å². The number of hydrogen-bond donors (Lipinski definition) is 1. The number of phenols is 1. The van der Waals surface area contributed by atoms with Crippen molar-refractivity contribution in [3.05, 3.63) is 82.2 Å². The van der Waals surface area contributed by atoms with Crippen molar-refractivity contribution in [1.29, 1.82) is 0 Å². The number of aromatic nitrogens is 1. The van der Waals surface area contributed by atoms with Gasteiger partial charge in [0.15, 0.2) is 5.78 Å². The molecule has 5 heteroatoms. The Morgan fingerprint density at radius 2 is 1.57 bits per heavy atom. The molecule has 0 atom stereocenters. The third-order valence-electron chi connectivity index (χ3n) is 3.92. The predicted octanol–water partition coefficient (Wildman–Crippen LogP) is 2.75. The number of carbonyl (C=O) groups excluding carboxylic acids is 2. The van der Waals surface area contributed by atoms with Gasteiger partial charge >= 0.3 is 0 Å². The molecule has 0 saturated carbocycles. The molecule has 0 aliphatic heterocycles. The lowest BCUT2D eigenvalue weighted by atomic mass is 9.86. The van der Waals surface area contributed by atoms with Crippen molar-refractivity contribution in [2.45, 2.75) is 6.42 Å². The molecule has 0 bridgehead atoms. The van der Waals surface area contributed by atoms with E-state index in [1.165, 1.54) is 0 Å². The Morgan fingerprint density at radius 3 is 2.26 bits per heavy atom. The maximum Gasteiger partial charge on any atom is 0.232 e. The fourth-order valence-corrected chi connectivity index (χ4v) is 2.78. The second-order valence-electron chi connectivity index (χ2n) is 5.38. The van der Waals surface area contributed by atoms with Gasteiger partial charge < -0.3 is 9.63 Å². The van der Waals surface area contributed by atoms with E-state index < -0.39 is 0 Å². The maximum atomic E-state index is 12.7. The Labute approximate surface area is 131 Å². The molecule has 0 unspecified atom stereocenters. The van der Waals surface area contributed by atoms with Crippen LogP contribution in [0.25, 0.3) is 0 Å². The molecule has 0 radical (unpaired) electrons. The molecule has 1 heterocycles. The van der Waals surface area contributed by atoms with Gasteiger partial charge in [-0.05, 0) is 17.7 Å². The van der Waals surface area contributed by atoms with Gasteiger partial charge in [0.05, 0.1) is 11.3 Å². The Kier molecular flexibility index (Phi) is 2.87. The fraction of sp³-hybridized carbons (Fsp3) is 0.0556. The first-order valence-corrected chi connectivity index (χ1v) is 7.10. The zero-order chi connectivity index (χ0) is 16.0. The molecule has 1 aliphatic rings. The monoisotopic (exact) mass is 305 g/mol. The first-order valence-electron chi connectivity index (χ1n) is 7.10. The van der Waals surface area contributed by atoms with E-state index in [-0.39, 0.29) is 28.6 Å². The summed E-state index contributed by atoms with van der Waals surface area (Å²) < 4.78 is 5.15. The summed E-state index contributed by atoms with van der Waals surface area (Å²) in [6.07, 6.45) is 0.348. The molecule has 23 heavy (non-hydrogen) atoms. The molecular weight excluding hydrogens is 294 g/mol. The van der Waals surface area contributed by atoms with Crippen LogP contribution in [0.3, 0.4) is 0 Å².